The van der Waals surface area contributed by atoms with Gasteiger partial charge in [-0.1, -0.05) is 13.8 Å². The van der Waals surface area contributed by atoms with Crippen LogP contribution in [0.2, 0.25) is 0 Å². The Kier molecular flexibility index (Phi) is 4.19. The summed E-state index contributed by atoms with van der Waals surface area (Å²) in [6.45, 7) is 1.81. The third-order valence-electron chi connectivity index (χ3n) is 1.46. The van der Waals surface area contributed by atoms with Gasteiger partial charge in [0.2, 0.25) is 0 Å². The lowest BCUT2D eigenvalue weighted by Gasteiger charge is -2.18. The minimum atomic E-state index is -4.37. The molecule has 0 saturated carbocycles. The van der Waals surface area contributed by atoms with E-state index < -0.39 is 24.7 Å². The van der Waals surface area contributed by atoms with Crippen molar-refractivity contribution in [3.63, 3.8) is 0 Å². The van der Waals surface area contributed by atoms with E-state index in [1.165, 1.54) is 0 Å². The lowest BCUT2D eigenvalue weighted by atomic mass is 10.1. The third kappa shape index (κ3) is 5.46. The topological polar surface area (TPSA) is 49.3 Å². The quantitative estimate of drug-likeness (QED) is 0.716. The Morgan fingerprint density at radius 1 is 1.46 bits per heavy atom. The Hall–Kier alpha value is -0.780. The van der Waals surface area contributed by atoms with E-state index in [0.717, 1.165) is 0 Å². The van der Waals surface area contributed by atoms with Crippen LogP contribution in [0.25, 0.3) is 0 Å². The van der Waals surface area contributed by atoms with E-state index in [2.05, 4.69) is 0 Å². The first-order valence-corrected chi connectivity index (χ1v) is 3.77. The number of hydrogen-bond acceptors (Lipinski definition) is 2. The van der Waals surface area contributed by atoms with Crippen molar-refractivity contribution < 1.29 is 23.1 Å². The number of alkyl halides is 3. The van der Waals surface area contributed by atoms with Gasteiger partial charge in [-0.25, -0.2) is 0 Å². The zero-order valence-corrected chi connectivity index (χ0v) is 7.35. The average Bonchev–Trinajstić information content (AvgIpc) is 1.82. The van der Waals surface area contributed by atoms with Crippen LogP contribution in [0.3, 0.4) is 0 Å². The maximum Gasteiger partial charge on any atom is 0.401 e. The summed E-state index contributed by atoms with van der Waals surface area (Å²) in [6, 6.07) is -1.15. The summed E-state index contributed by atoms with van der Waals surface area (Å²) in [4.78, 5) is 10.4. The second-order valence-electron chi connectivity index (χ2n) is 3.06. The molecule has 0 heterocycles. The number of hydrogen-bond donors (Lipinski definition) is 2. The largest absolute Gasteiger partial charge is 0.480 e. The minimum Gasteiger partial charge on any atom is -0.480 e. The van der Waals surface area contributed by atoms with Crippen molar-refractivity contribution >= 4 is 5.97 Å². The van der Waals surface area contributed by atoms with Crippen LogP contribution >= 0.6 is 0 Å². The van der Waals surface area contributed by atoms with Gasteiger partial charge < -0.3 is 5.11 Å². The van der Waals surface area contributed by atoms with Crippen molar-refractivity contribution in [2.45, 2.75) is 26.1 Å². The van der Waals surface area contributed by atoms with Crippen LogP contribution in [0.5, 0.6) is 0 Å². The predicted molar refractivity (Wildman–Crippen MR) is 40.3 cm³/mol. The standard InChI is InChI=1S/C7H12F3NO2/c1-4(2)5(6(12)13)11-3-7(8,9)10/h4-5,11H,3H2,1-2H3,(H,12,13)/t5-/m1/s1. The fourth-order valence-corrected chi connectivity index (χ4v) is 0.834. The van der Waals surface area contributed by atoms with E-state index in [9.17, 15) is 18.0 Å². The van der Waals surface area contributed by atoms with Gasteiger partial charge in [0.25, 0.3) is 0 Å². The highest BCUT2D eigenvalue weighted by molar-refractivity contribution is 5.73. The molecule has 0 aromatic heterocycles. The first-order valence-electron chi connectivity index (χ1n) is 3.77. The molecule has 3 nitrogen and oxygen atoms in total. The van der Waals surface area contributed by atoms with Crippen LogP contribution in [0.1, 0.15) is 13.8 Å². The van der Waals surface area contributed by atoms with Crippen molar-refractivity contribution in [1.29, 1.82) is 0 Å². The zero-order valence-electron chi connectivity index (χ0n) is 7.35. The minimum absolute atomic E-state index is 0.375. The molecule has 6 heteroatoms. The van der Waals surface area contributed by atoms with E-state index in [0.29, 0.717) is 0 Å². The highest BCUT2D eigenvalue weighted by Gasteiger charge is 2.30. The number of halogens is 3. The van der Waals surface area contributed by atoms with Gasteiger partial charge in [-0.05, 0) is 5.92 Å². The lowest BCUT2D eigenvalue weighted by molar-refractivity contribution is -0.144. The first-order chi connectivity index (χ1) is 5.74. The van der Waals surface area contributed by atoms with Crippen molar-refractivity contribution in [3.05, 3.63) is 0 Å². The van der Waals surface area contributed by atoms with Gasteiger partial charge in [0, 0.05) is 0 Å². The van der Waals surface area contributed by atoms with Gasteiger partial charge in [-0.2, -0.15) is 13.2 Å². The number of carboxylic acid groups (broad SMARTS) is 1. The van der Waals surface area contributed by atoms with Gasteiger partial charge in [0.15, 0.2) is 0 Å². The zero-order chi connectivity index (χ0) is 10.6. The highest BCUT2D eigenvalue weighted by atomic mass is 19.4. The predicted octanol–water partition coefficient (Wildman–Crippen LogP) is 1.25. The molecule has 0 amide bonds. The Morgan fingerprint density at radius 3 is 2.15 bits per heavy atom. The van der Waals surface area contributed by atoms with Crippen LogP contribution in [-0.2, 0) is 4.79 Å². The average molecular weight is 199 g/mol. The summed E-state index contributed by atoms with van der Waals surface area (Å²) < 4.78 is 35.1. The summed E-state index contributed by atoms with van der Waals surface area (Å²) in [5.41, 5.74) is 0. The van der Waals surface area contributed by atoms with E-state index >= 15 is 0 Å². The van der Waals surface area contributed by atoms with Gasteiger partial charge in [-0.15, -0.1) is 0 Å². The second-order valence-corrected chi connectivity index (χ2v) is 3.06. The number of carbonyl (C=O) groups is 1. The van der Waals surface area contributed by atoms with Crippen molar-refractivity contribution in [2.24, 2.45) is 5.92 Å². The van der Waals surface area contributed by atoms with E-state index in [4.69, 9.17) is 5.11 Å². The molecular weight excluding hydrogens is 187 g/mol. The molecule has 78 valence electrons. The Labute approximate surface area is 73.9 Å². The summed E-state index contributed by atoms with van der Waals surface area (Å²) in [5, 5.41) is 10.4. The molecule has 0 fully saturated rings. The fourth-order valence-electron chi connectivity index (χ4n) is 0.834. The molecule has 0 aromatic rings. The summed E-state index contributed by atoms with van der Waals surface area (Å²) in [7, 11) is 0. The van der Waals surface area contributed by atoms with Crippen molar-refractivity contribution in [2.75, 3.05) is 6.54 Å². The van der Waals surface area contributed by atoms with Crippen LogP contribution < -0.4 is 5.32 Å². The Bertz CT molecular complexity index is 179. The van der Waals surface area contributed by atoms with E-state index in [-0.39, 0.29) is 5.92 Å². The number of rotatable bonds is 4. The normalized spacial score (nSPS) is 14.6. The maximum atomic E-state index is 11.7. The van der Waals surface area contributed by atoms with E-state index in [1.54, 1.807) is 13.8 Å². The summed E-state index contributed by atoms with van der Waals surface area (Å²) in [6.07, 6.45) is -4.37. The molecule has 0 aliphatic carbocycles. The lowest BCUT2D eigenvalue weighted by Crippen LogP contribution is -2.45. The molecule has 0 saturated heterocycles. The van der Waals surface area contributed by atoms with Gasteiger partial charge >= 0.3 is 12.1 Å². The maximum absolute atomic E-state index is 11.7. The number of nitrogens with one attached hydrogen (secondary N) is 1. The van der Waals surface area contributed by atoms with Crippen molar-refractivity contribution in [1.82, 2.24) is 5.32 Å². The molecule has 0 aliphatic rings. The smallest absolute Gasteiger partial charge is 0.401 e. The molecule has 13 heavy (non-hydrogen) atoms. The van der Waals surface area contributed by atoms with E-state index in [1.807, 2.05) is 5.32 Å². The molecular formula is C7H12F3NO2. The molecule has 0 unspecified atom stereocenters. The first kappa shape index (κ1) is 12.2. The molecule has 0 bridgehead atoms. The molecule has 0 aliphatic heterocycles. The molecule has 2 N–H and O–H groups in total. The highest BCUT2D eigenvalue weighted by Crippen LogP contribution is 2.13. The van der Waals surface area contributed by atoms with Crippen LogP contribution in [0, 0.1) is 5.92 Å². The van der Waals surface area contributed by atoms with Crippen LogP contribution in [-0.4, -0.2) is 29.8 Å². The Balaban J connectivity index is 4.06. The molecule has 0 radical (unpaired) electrons. The molecule has 1 atom stereocenters. The summed E-state index contributed by atoms with van der Waals surface area (Å²) in [5.74, 6) is -1.64. The van der Waals surface area contributed by atoms with Crippen LogP contribution in [0.4, 0.5) is 13.2 Å². The van der Waals surface area contributed by atoms with Crippen LogP contribution in [0.15, 0.2) is 0 Å². The summed E-state index contributed by atoms with van der Waals surface area (Å²) >= 11 is 0. The van der Waals surface area contributed by atoms with Crippen molar-refractivity contribution in [3.8, 4) is 0 Å². The fraction of sp³-hybridized carbons (Fsp3) is 0.857. The monoisotopic (exact) mass is 199 g/mol. The van der Waals surface area contributed by atoms with Gasteiger partial charge in [0.1, 0.15) is 6.04 Å². The number of aliphatic carboxylic acids is 1. The molecule has 0 rings (SSSR count). The third-order valence-corrected chi connectivity index (χ3v) is 1.46. The Morgan fingerprint density at radius 2 is 1.92 bits per heavy atom. The SMILES string of the molecule is CC(C)[C@@H](NCC(F)(F)F)C(=O)O. The number of carboxylic acids is 1. The van der Waals surface area contributed by atoms with Gasteiger partial charge in [0.05, 0.1) is 6.54 Å². The van der Waals surface area contributed by atoms with Gasteiger partial charge in [-0.3, -0.25) is 10.1 Å². The second kappa shape index (κ2) is 4.45. The molecule has 0 spiro atoms. The molecule has 0 aromatic carbocycles.